The Balaban J connectivity index is 1.56. The number of aromatic nitrogens is 1. The van der Waals surface area contributed by atoms with Gasteiger partial charge in [-0.25, -0.2) is 4.98 Å². The van der Waals surface area contributed by atoms with Crippen LogP contribution < -0.4 is 10.1 Å². The van der Waals surface area contributed by atoms with E-state index in [0.717, 1.165) is 67.6 Å². The van der Waals surface area contributed by atoms with Crippen LogP contribution in [-0.4, -0.2) is 55.2 Å². The first-order valence-electron chi connectivity index (χ1n) is 10.4. The average molecular weight is 418 g/mol. The number of morpholine rings is 1. The van der Waals surface area contributed by atoms with Gasteiger partial charge in [-0.2, -0.15) is 0 Å². The molecule has 0 unspecified atom stereocenters. The van der Waals surface area contributed by atoms with Crippen molar-refractivity contribution in [2.24, 2.45) is 5.92 Å². The summed E-state index contributed by atoms with van der Waals surface area (Å²) in [5.74, 6) is 0.952. The Morgan fingerprint density at radius 2 is 1.93 bits per heavy atom. The molecule has 2 heterocycles. The summed E-state index contributed by atoms with van der Waals surface area (Å²) in [6.07, 6.45) is 1.68. The van der Waals surface area contributed by atoms with Crippen molar-refractivity contribution in [1.82, 2.24) is 9.88 Å². The lowest BCUT2D eigenvalue weighted by molar-refractivity contribution is -0.120. The molecular formula is C22H31N3O3S. The van der Waals surface area contributed by atoms with Crippen molar-refractivity contribution in [3.63, 3.8) is 0 Å². The third-order valence-corrected chi connectivity index (χ3v) is 6.18. The highest BCUT2D eigenvalue weighted by Crippen LogP contribution is 2.31. The largest absolute Gasteiger partial charge is 0.492 e. The molecule has 1 fully saturated rings. The van der Waals surface area contributed by atoms with Crippen molar-refractivity contribution in [2.45, 2.75) is 33.6 Å². The van der Waals surface area contributed by atoms with Gasteiger partial charge in [-0.3, -0.25) is 9.69 Å². The van der Waals surface area contributed by atoms with Gasteiger partial charge in [0.15, 0.2) is 5.13 Å². The van der Waals surface area contributed by atoms with Crippen LogP contribution in [-0.2, 0) is 9.53 Å². The summed E-state index contributed by atoms with van der Waals surface area (Å²) in [6, 6.07) is 8.02. The Morgan fingerprint density at radius 3 is 2.59 bits per heavy atom. The van der Waals surface area contributed by atoms with Gasteiger partial charge in [0, 0.05) is 36.0 Å². The average Bonchev–Trinajstić information content (AvgIpc) is 3.10. The lowest BCUT2D eigenvalue weighted by Gasteiger charge is -2.26. The fourth-order valence-corrected chi connectivity index (χ4v) is 4.25. The van der Waals surface area contributed by atoms with Gasteiger partial charge in [0.2, 0.25) is 5.91 Å². The molecule has 7 heteroatoms. The van der Waals surface area contributed by atoms with E-state index in [2.05, 4.69) is 15.2 Å². The Hall–Kier alpha value is -1.96. The van der Waals surface area contributed by atoms with Crippen molar-refractivity contribution in [1.29, 1.82) is 0 Å². The topological polar surface area (TPSA) is 63.7 Å². The van der Waals surface area contributed by atoms with Gasteiger partial charge < -0.3 is 14.8 Å². The number of rotatable bonds is 9. The van der Waals surface area contributed by atoms with Crippen LogP contribution in [0.15, 0.2) is 24.3 Å². The summed E-state index contributed by atoms with van der Waals surface area (Å²) < 4.78 is 11.2. The van der Waals surface area contributed by atoms with Gasteiger partial charge in [-0.05, 0) is 44.0 Å². The molecule has 0 saturated carbocycles. The number of carbonyl (C=O) groups excluding carboxylic acids is 1. The first-order chi connectivity index (χ1) is 14.1. The molecule has 158 valence electrons. The maximum atomic E-state index is 12.3. The van der Waals surface area contributed by atoms with E-state index in [4.69, 9.17) is 9.47 Å². The third-order valence-electron chi connectivity index (χ3n) is 5.29. The predicted molar refractivity (Wildman–Crippen MR) is 118 cm³/mol. The minimum Gasteiger partial charge on any atom is -0.492 e. The molecule has 6 nitrogen and oxygen atoms in total. The van der Waals surface area contributed by atoms with Gasteiger partial charge in [0.25, 0.3) is 0 Å². The minimum atomic E-state index is 0.0385. The van der Waals surface area contributed by atoms with Gasteiger partial charge in [-0.1, -0.05) is 13.8 Å². The molecular weight excluding hydrogens is 386 g/mol. The molecule has 0 atom stereocenters. The predicted octanol–water partition coefficient (Wildman–Crippen LogP) is 4.20. The molecule has 1 aromatic heterocycles. The lowest BCUT2D eigenvalue weighted by atomic mass is 10.0. The smallest absolute Gasteiger partial charge is 0.229 e. The summed E-state index contributed by atoms with van der Waals surface area (Å²) in [5, 5.41) is 3.64. The molecule has 1 N–H and O–H groups in total. The maximum Gasteiger partial charge on any atom is 0.229 e. The highest BCUT2D eigenvalue weighted by Gasteiger charge is 2.17. The van der Waals surface area contributed by atoms with E-state index < -0.39 is 0 Å². The number of hydrogen-bond acceptors (Lipinski definition) is 6. The van der Waals surface area contributed by atoms with Crippen LogP contribution in [0, 0.1) is 12.8 Å². The first-order valence-corrected chi connectivity index (χ1v) is 11.2. The molecule has 29 heavy (non-hydrogen) atoms. The fraction of sp³-hybridized carbons (Fsp3) is 0.545. The summed E-state index contributed by atoms with van der Waals surface area (Å²) in [6.45, 7) is 11.3. The quantitative estimate of drug-likeness (QED) is 0.662. The molecule has 0 aliphatic carbocycles. The van der Waals surface area contributed by atoms with Crippen LogP contribution in [0.5, 0.6) is 5.75 Å². The number of amides is 1. The van der Waals surface area contributed by atoms with Gasteiger partial charge >= 0.3 is 0 Å². The van der Waals surface area contributed by atoms with E-state index in [9.17, 15) is 4.79 Å². The zero-order valence-corrected chi connectivity index (χ0v) is 18.4. The Morgan fingerprint density at radius 1 is 1.24 bits per heavy atom. The SMILES string of the molecule is CCC(CC)C(=O)Nc1nc(-c2ccc(OCCN3CCOCC3)cc2)c(C)s1. The van der Waals surface area contributed by atoms with Gasteiger partial charge in [0.1, 0.15) is 12.4 Å². The highest BCUT2D eigenvalue weighted by atomic mass is 32.1. The number of benzene rings is 1. The van der Waals surface area contributed by atoms with E-state index in [1.165, 1.54) is 11.3 Å². The fourth-order valence-electron chi connectivity index (χ4n) is 3.41. The van der Waals surface area contributed by atoms with Crippen LogP contribution in [0.1, 0.15) is 31.6 Å². The highest BCUT2D eigenvalue weighted by molar-refractivity contribution is 7.16. The number of hydrogen-bond donors (Lipinski definition) is 1. The monoisotopic (exact) mass is 417 g/mol. The van der Waals surface area contributed by atoms with Crippen molar-refractivity contribution in [3.05, 3.63) is 29.1 Å². The second-order valence-corrected chi connectivity index (χ2v) is 8.46. The molecule has 2 aromatic rings. The Labute approximate surface area is 177 Å². The van der Waals surface area contributed by atoms with Crippen LogP contribution >= 0.6 is 11.3 Å². The first kappa shape index (κ1) is 21.7. The standard InChI is InChI=1S/C22H31N3O3S/c1-4-17(5-2)21(26)24-22-23-20(16(3)29-22)18-6-8-19(9-7-18)28-15-12-25-10-13-27-14-11-25/h6-9,17H,4-5,10-15H2,1-3H3,(H,23,24,26). The summed E-state index contributed by atoms with van der Waals surface area (Å²) >= 11 is 1.52. The molecule has 1 amide bonds. The van der Waals surface area contributed by atoms with Crippen molar-refractivity contribution >= 4 is 22.4 Å². The normalized spacial score (nSPS) is 14.9. The Kier molecular flexibility index (Phi) is 8.03. The number of carbonyl (C=O) groups is 1. The van der Waals surface area contributed by atoms with Gasteiger partial charge in [-0.15, -0.1) is 11.3 Å². The van der Waals surface area contributed by atoms with Crippen LogP contribution in [0.25, 0.3) is 11.3 Å². The number of thiazole rings is 1. The van der Waals surface area contributed by atoms with Crippen molar-refractivity contribution in [3.8, 4) is 17.0 Å². The van der Waals surface area contributed by atoms with E-state index in [1.807, 2.05) is 45.0 Å². The van der Waals surface area contributed by atoms with E-state index in [0.29, 0.717) is 11.7 Å². The summed E-state index contributed by atoms with van der Waals surface area (Å²) in [5.41, 5.74) is 1.94. The zero-order valence-electron chi connectivity index (χ0n) is 17.6. The molecule has 3 rings (SSSR count). The third kappa shape index (κ3) is 6.01. The van der Waals surface area contributed by atoms with Crippen LogP contribution in [0.2, 0.25) is 0 Å². The van der Waals surface area contributed by atoms with E-state index >= 15 is 0 Å². The van der Waals surface area contributed by atoms with Crippen molar-refractivity contribution < 1.29 is 14.3 Å². The molecule has 1 saturated heterocycles. The molecule has 0 radical (unpaired) electrons. The molecule has 1 aromatic carbocycles. The second kappa shape index (κ2) is 10.7. The lowest BCUT2D eigenvalue weighted by Crippen LogP contribution is -2.38. The summed E-state index contributed by atoms with van der Waals surface area (Å²) in [4.78, 5) is 20.4. The minimum absolute atomic E-state index is 0.0385. The zero-order chi connectivity index (χ0) is 20.6. The molecule has 0 bridgehead atoms. The van der Waals surface area contributed by atoms with Crippen LogP contribution in [0.3, 0.4) is 0 Å². The maximum absolute atomic E-state index is 12.3. The molecule has 0 spiro atoms. The second-order valence-electron chi connectivity index (χ2n) is 7.25. The number of anilines is 1. The Bertz CT molecular complexity index is 781. The number of ether oxygens (including phenoxy) is 2. The van der Waals surface area contributed by atoms with Crippen molar-refractivity contribution in [2.75, 3.05) is 44.8 Å². The summed E-state index contributed by atoms with van der Waals surface area (Å²) in [7, 11) is 0. The molecule has 1 aliphatic rings. The number of nitrogens with one attached hydrogen (secondary N) is 1. The number of nitrogens with zero attached hydrogens (tertiary/aromatic N) is 2. The number of aryl methyl sites for hydroxylation is 1. The van der Waals surface area contributed by atoms with E-state index in [-0.39, 0.29) is 11.8 Å². The van der Waals surface area contributed by atoms with Gasteiger partial charge in [0.05, 0.1) is 18.9 Å². The van der Waals surface area contributed by atoms with Crippen LogP contribution in [0.4, 0.5) is 5.13 Å². The molecule has 1 aliphatic heterocycles. The van der Waals surface area contributed by atoms with E-state index in [1.54, 1.807) is 0 Å².